The Labute approximate surface area is 154 Å². The maximum atomic E-state index is 12.2. The minimum atomic E-state index is -0.148. The van der Waals surface area contributed by atoms with Gasteiger partial charge in [0.25, 0.3) is 0 Å². The average Bonchev–Trinajstić information content (AvgIpc) is 2.68. The van der Waals surface area contributed by atoms with E-state index in [2.05, 4.69) is 12.2 Å². The van der Waals surface area contributed by atoms with Gasteiger partial charge in [0, 0.05) is 17.1 Å². The molecule has 0 unspecified atom stereocenters. The smallest absolute Gasteiger partial charge is 0.248 e. The first-order valence-corrected chi connectivity index (χ1v) is 8.96. The Morgan fingerprint density at radius 3 is 2.58 bits per heavy atom. The summed E-state index contributed by atoms with van der Waals surface area (Å²) in [5.74, 6) is 0.709. The van der Waals surface area contributed by atoms with Crippen LogP contribution in [0.15, 0.2) is 72.8 Å². The number of rotatable bonds is 7. The van der Waals surface area contributed by atoms with Gasteiger partial charge in [-0.2, -0.15) is 0 Å². The van der Waals surface area contributed by atoms with Crippen molar-refractivity contribution in [1.29, 1.82) is 0 Å². The number of ether oxygens (including phenoxy) is 1. The van der Waals surface area contributed by atoms with Crippen LogP contribution in [0.1, 0.15) is 25.3 Å². The minimum Gasteiger partial charge on any atom is -0.494 e. The van der Waals surface area contributed by atoms with Gasteiger partial charge >= 0.3 is 0 Å². The van der Waals surface area contributed by atoms with Crippen molar-refractivity contribution in [2.45, 2.75) is 19.8 Å². The predicted octanol–water partition coefficient (Wildman–Crippen LogP) is 5.67. The van der Waals surface area contributed by atoms with Crippen molar-refractivity contribution >= 4 is 28.4 Å². The van der Waals surface area contributed by atoms with Gasteiger partial charge in [-0.25, -0.2) is 0 Å². The van der Waals surface area contributed by atoms with E-state index in [1.54, 1.807) is 12.2 Å². The molecule has 0 saturated heterocycles. The molecule has 0 heterocycles. The second kappa shape index (κ2) is 8.86. The van der Waals surface area contributed by atoms with E-state index in [9.17, 15) is 4.79 Å². The summed E-state index contributed by atoms with van der Waals surface area (Å²) in [6.45, 7) is 2.87. The summed E-state index contributed by atoms with van der Waals surface area (Å²) in [7, 11) is 0. The van der Waals surface area contributed by atoms with Crippen molar-refractivity contribution in [3.8, 4) is 5.75 Å². The van der Waals surface area contributed by atoms with Crippen LogP contribution in [0.5, 0.6) is 5.75 Å². The van der Waals surface area contributed by atoms with Crippen molar-refractivity contribution in [3.63, 3.8) is 0 Å². The van der Waals surface area contributed by atoms with Crippen LogP contribution < -0.4 is 10.1 Å². The zero-order valence-electron chi connectivity index (χ0n) is 14.9. The average molecular weight is 345 g/mol. The summed E-state index contributed by atoms with van der Waals surface area (Å²) in [6.07, 6.45) is 5.52. The molecule has 1 N–H and O–H groups in total. The van der Waals surface area contributed by atoms with E-state index in [0.717, 1.165) is 47.2 Å². The maximum absolute atomic E-state index is 12.2. The highest BCUT2D eigenvalue weighted by atomic mass is 16.5. The second-order valence-corrected chi connectivity index (χ2v) is 6.12. The molecule has 3 rings (SSSR count). The van der Waals surface area contributed by atoms with Crippen molar-refractivity contribution < 1.29 is 9.53 Å². The van der Waals surface area contributed by atoms with Crippen LogP contribution in [0.2, 0.25) is 0 Å². The molecular weight excluding hydrogens is 322 g/mol. The van der Waals surface area contributed by atoms with Crippen LogP contribution in [0.4, 0.5) is 5.69 Å². The van der Waals surface area contributed by atoms with Crippen LogP contribution in [-0.2, 0) is 4.79 Å². The van der Waals surface area contributed by atoms with E-state index in [-0.39, 0.29) is 5.91 Å². The number of fused-ring (bicyclic) bond motifs is 1. The van der Waals surface area contributed by atoms with Gasteiger partial charge in [-0.05, 0) is 41.6 Å². The topological polar surface area (TPSA) is 38.3 Å². The number of nitrogens with one attached hydrogen (secondary N) is 1. The number of benzene rings is 3. The molecule has 0 spiro atoms. The molecule has 0 aromatic heterocycles. The molecule has 0 aliphatic carbocycles. The molecular formula is C23H23NO2. The van der Waals surface area contributed by atoms with E-state index in [1.165, 1.54) is 0 Å². The van der Waals surface area contributed by atoms with Gasteiger partial charge in [0.2, 0.25) is 5.91 Å². The highest BCUT2D eigenvalue weighted by Gasteiger charge is 2.02. The van der Waals surface area contributed by atoms with E-state index in [4.69, 9.17) is 4.74 Å². The fourth-order valence-corrected chi connectivity index (χ4v) is 2.69. The summed E-state index contributed by atoms with van der Waals surface area (Å²) in [5, 5.41) is 5.09. The Morgan fingerprint density at radius 1 is 1.00 bits per heavy atom. The van der Waals surface area contributed by atoms with E-state index in [1.807, 2.05) is 66.7 Å². The zero-order chi connectivity index (χ0) is 18.2. The number of carbonyl (C=O) groups is 1. The molecule has 0 saturated carbocycles. The summed E-state index contributed by atoms with van der Waals surface area (Å²) in [5.41, 5.74) is 1.78. The third-order valence-electron chi connectivity index (χ3n) is 4.12. The minimum absolute atomic E-state index is 0.148. The van der Waals surface area contributed by atoms with Gasteiger partial charge < -0.3 is 10.1 Å². The first kappa shape index (κ1) is 17.7. The van der Waals surface area contributed by atoms with Gasteiger partial charge in [-0.1, -0.05) is 61.9 Å². The summed E-state index contributed by atoms with van der Waals surface area (Å²) in [6, 6.07) is 21.6. The largest absolute Gasteiger partial charge is 0.494 e. The summed E-state index contributed by atoms with van der Waals surface area (Å²) in [4.78, 5) is 12.2. The number of amides is 1. The first-order chi connectivity index (χ1) is 12.8. The quantitative estimate of drug-likeness (QED) is 0.442. The Hall–Kier alpha value is -3.07. The lowest BCUT2D eigenvalue weighted by Crippen LogP contribution is -2.07. The van der Waals surface area contributed by atoms with Gasteiger partial charge in [0.15, 0.2) is 0 Å². The molecule has 0 radical (unpaired) electrons. The monoisotopic (exact) mass is 345 g/mol. The Balaban J connectivity index is 1.62. The number of anilines is 1. The molecule has 132 valence electrons. The van der Waals surface area contributed by atoms with Crippen LogP contribution in [-0.4, -0.2) is 12.5 Å². The van der Waals surface area contributed by atoms with Gasteiger partial charge in [0.1, 0.15) is 5.75 Å². The van der Waals surface area contributed by atoms with E-state index in [0.29, 0.717) is 0 Å². The van der Waals surface area contributed by atoms with E-state index >= 15 is 0 Å². The number of hydrogen-bond donors (Lipinski definition) is 1. The second-order valence-electron chi connectivity index (χ2n) is 6.12. The Kier molecular flexibility index (Phi) is 6.05. The lowest BCUT2D eigenvalue weighted by atomic mass is 10.1. The number of unbranched alkanes of at least 4 members (excludes halogenated alkanes) is 1. The molecule has 0 bridgehead atoms. The molecule has 3 aromatic carbocycles. The van der Waals surface area contributed by atoms with Crippen molar-refractivity contribution in [2.75, 3.05) is 11.9 Å². The fourth-order valence-electron chi connectivity index (χ4n) is 2.69. The number of hydrogen-bond acceptors (Lipinski definition) is 2. The third-order valence-corrected chi connectivity index (χ3v) is 4.12. The van der Waals surface area contributed by atoms with Gasteiger partial charge in [-0.15, -0.1) is 0 Å². The van der Waals surface area contributed by atoms with Crippen LogP contribution in [0, 0.1) is 0 Å². The molecule has 0 atom stereocenters. The Bertz CT molecular complexity index is 892. The van der Waals surface area contributed by atoms with Crippen molar-refractivity contribution in [1.82, 2.24) is 0 Å². The SMILES string of the molecule is CCCCOc1ccc(C=CC(=O)Nc2cccc3ccccc23)cc1. The molecule has 3 nitrogen and oxygen atoms in total. The van der Waals surface area contributed by atoms with Crippen LogP contribution in [0.3, 0.4) is 0 Å². The van der Waals surface area contributed by atoms with Crippen LogP contribution >= 0.6 is 0 Å². The summed E-state index contributed by atoms with van der Waals surface area (Å²) >= 11 is 0. The van der Waals surface area contributed by atoms with Gasteiger partial charge in [0.05, 0.1) is 6.61 Å². The van der Waals surface area contributed by atoms with Crippen molar-refractivity contribution in [3.05, 3.63) is 78.4 Å². The van der Waals surface area contributed by atoms with Crippen molar-refractivity contribution in [2.24, 2.45) is 0 Å². The molecule has 1 amide bonds. The molecule has 26 heavy (non-hydrogen) atoms. The molecule has 3 heteroatoms. The first-order valence-electron chi connectivity index (χ1n) is 8.96. The predicted molar refractivity (Wildman–Crippen MR) is 108 cm³/mol. The van der Waals surface area contributed by atoms with Gasteiger partial charge in [-0.3, -0.25) is 4.79 Å². The molecule has 0 aliphatic rings. The molecule has 0 fully saturated rings. The fraction of sp³-hybridized carbons (Fsp3) is 0.174. The zero-order valence-corrected chi connectivity index (χ0v) is 14.9. The van der Waals surface area contributed by atoms with Crippen LogP contribution in [0.25, 0.3) is 16.8 Å². The number of carbonyl (C=O) groups excluding carboxylic acids is 1. The lowest BCUT2D eigenvalue weighted by molar-refractivity contribution is -0.111. The highest BCUT2D eigenvalue weighted by molar-refractivity contribution is 6.07. The molecule has 0 aliphatic heterocycles. The normalized spacial score (nSPS) is 11.0. The third kappa shape index (κ3) is 4.73. The highest BCUT2D eigenvalue weighted by Crippen LogP contribution is 2.23. The Morgan fingerprint density at radius 2 is 1.77 bits per heavy atom. The van der Waals surface area contributed by atoms with E-state index < -0.39 is 0 Å². The standard InChI is InChI=1S/C23H23NO2/c1-2-3-17-26-20-14-11-18(12-15-20)13-16-23(25)24-22-10-6-8-19-7-4-5-9-21(19)22/h4-16H,2-3,17H2,1H3,(H,24,25). The lowest BCUT2D eigenvalue weighted by Gasteiger charge is -2.07. The summed E-state index contributed by atoms with van der Waals surface area (Å²) < 4.78 is 5.64. The molecule has 3 aromatic rings. The maximum Gasteiger partial charge on any atom is 0.248 e.